The third kappa shape index (κ3) is 3.59. The van der Waals surface area contributed by atoms with Crippen molar-refractivity contribution < 1.29 is 18.3 Å². The summed E-state index contributed by atoms with van der Waals surface area (Å²) in [7, 11) is 0. The van der Waals surface area contributed by atoms with Gasteiger partial charge in [-0.15, -0.1) is 0 Å². The van der Waals surface area contributed by atoms with Crippen LogP contribution in [0.4, 0.5) is 19.0 Å². The first-order chi connectivity index (χ1) is 8.00. The van der Waals surface area contributed by atoms with E-state index in [-0.39, 0.29) is 19.0 Å². The Labute approximate surface area is 97.9 Å². The first-order valence-corrected chi connectivity index (χ1v) is 5.38. The number of aliphatic hydroxyl groups is 1. The molecule has 0 aliphatic carbocycles. The topological polar surface area (TPSA) is 36.4 Å². The molecule has 0 unspecified atom stereocenters. The second-order valence-electron chi connectivity index (χ2n) is 3.58. The van der Waals surface area contributed by atoms with E-state index in [2.05, 4.69) is 4.98 Å². The highest BCUT2D eigenvalue weighted by atomic mass is 19.4. The fourth-order valence-corrected chi connectivity index (χ4v) is 1.58. The fraction of sp³-hybridized carbons (Fsp3) is 0.545. The summed E-state index contributed by atoms with van der Waals surface area (Å²) in [6.07, 6.45) is -2.41. The smallest absolute Gasteiger partial charge is 0.395 e. The van der Waals surface area contributed by atoms with Gasteiger partial charge in [-0.2, -0.15) is 13.2 Å². The molecule has 0 aliphatic heterocycles. The average Bonchev–Trinajstić information content (AvgIpc) is 2.28. The SMILES string of the molecule is CCCN(CCO)c1ncccc1C(F)(F)F. The van der Waals surface area contributed by atoms with Crippen molar-refractivity contribution in [3.05, 3.63) is 23.9 Å². The van der Waals surface area contributed by atoms with Crippen LogP contribution in [-0.4, -0.2) is 29.8 Å². The van der Waals surface area contributed by atoms with Crippen molar-refractivity contribution in [2.75, 3.05) is 24.6 Å². The maximum atomic E-state index is 12.8. The first kappa shape index (κ1) is 13.8. The quantitative estimate of drug-likeness (QED) is 0.868. The molecule has 1 rings (SSSR count). The van der Waals surface area contributed by atoms with Crippen molar-refractivity contribution in [1.82, 2.24) is 4.98 Å². The van der Waals surface area contributed by atoms with Crippen LogP contribution in [0, 0.1) is 0 Å². The van der Waals surface area contributed by atoms with E-state index in [1.54, 1.807) is 0 Å². The highest BCUT2D eigenvalue weighted by Crippen LogP contribution is 2.34. The largest absolute Gasteiger partial charge is 0.419 e. The number of rotatable bonds is 5. The zero-order valence-electron chi connectivity index (χ0n) is 9.54. The Morgan fingerprint density at radius 1 is 1.35 bits per heavy atom. The summed E-state index contributed by atoms with van der Waals surface area (Å²) in [5, 5.41) is 8.87. The van der Waals surface area contributed by atoms with Crippen LogP contribution in [-0.2, 0) is 6.18 Å². The van der Waals surface area contributed by atoms with Crippen LogP contribution in [0.2, 0.25) is 0 Å². The number of hydrogen-bond acceptors (Lipinski definition) is 3. The first-order valence-electron chi connectivity index (χ1n) is 5.38. The van der Waals surface area contributed by atoms with E-state index in [9.17, 15) is 13.2 Å². The molecule has 96 valence electrons. The average molecular weight is 248 g/mol. The van der Waals surface area contributed by atoms with Gasteiger partial charge in [0.25, 0.3) is 0 Å². The number of hydrogen-bond donors (Lipinski definition) is 1. The minimum atomic E-state index is -4.43. The second kappa shape index (κ2) is 5.86. The van der Waals surface area contributed by atoms with Gasteiger partial charge in [-0.05, 0) is 18.6 Å². The van der Waals surface area contributed by atoms with Crippen LogP contribution in [0.1, 0.15) is 18.9 Å². The van der Waals surface area contributed by atoms with Crippen LogP contribution in [0.5, 0.6) is 0 Å². The fourth-order valence-electron chi connectivity index (χ4n) is 1.58. The number of anilines is 1. The summed E-state index contributed by atoms with van der Waals surface area (Å²) in [4.78, 5) is 5.22. The Hall–Kier alpha value is -1.30. The molecule has 0 spiro atoms. The molecule has 0 saturated heterocycles. The van der Waals surface area contributed by atoms with Gasteiger partial charge in [-0.3, -0.25) is 0 Å². The Morgan fingerprint density at radius 3 is 2.59 bits per heavy atom. The molecule has 0 fully saturated rings. The van der Waals surface area contributed by atoms with Crippen LogP contribution in [0.3, 0.4) is 0 Å². The molecule has 0 aliphatic rings. The van der Waals surface area contributed by atoms with Crippen molar-refractivity contribution >= 4 is 5.82 Å². The van der Waals surface area contributed by atoms with Crippen LogP contribution in [0.25, 0.3) is 0 Å². The lowest BCUT2D eigenvalue weighted by Crippen LogP contribution is -2.30. The highest BCUT2D eigenvalue weighted by Gasteiger charge is 2.35. The van der Waals surface area contributed by atoms with Gasteiger partial charge >= 0.3 is 6.18 Å². The molecule has 0 amide bonds. The lowest BCUT2D eigenvalue weighted by molar-refractivity contribution is -0.137. The summed E-state index contributed by atoms with van der Waals surface area (Å²) >= 11 is 0. The Bertz CT molecular complexity index is 349. The molecule has 1 aromatic heterocycles. The molecule has 1 heterocycles. The Kier molecular flexibility index (Phi) is 4.74. The summed E-state index contributed by atoms with van der Waals surface area (Å²) < 4.78 is 38.3. The number of nitrogens with zero attached hydrogens (tertiary/aromatic N) is 2. The lowest BCUT2D eigenvalue weighted by Gasteiger charge is -2.25. The molecular weight excluding hydrogens is 233 g/mol. The third-order valence-electron chi connectivity index (χ3n) is 2.26. The van der Waals surface area contributed by atoms with Gasteiger partial charge in [0, 0.05) is 19.3 Å². The predicted molar refractivity (Wildman–Crippen MR) is 58.8 cm³/mol. The maximum Gasteiger partial charge on any atom is 0.419 e. The second-order valence-corrected chi connectivity index (χ2v) is 3.58. The minimum absolute atomic E-state index is 0.115. The van der Waals surface area contributed by atoms with E-state index >= 15 is 0 Å². The van der Waals surface area contributed by atoms with Gasteiger partial charge in [0.1, 0.15) is 5.82 Å². The Balaban J connectivity index is 3.09. The molecular formula is C11H15F3N2O. The van der Waals surface area contributed by atoms with Crippen LogP contribution < -0.4 is 4.90 Å². The van der Waals surface area contributed by atoms with Gasteiger partial charge in [0.05, 0.1) is 12.2 Å². The monoisotopic (exact) mass is 248 g/mol. The van der Waals surface area contributed by atoms with E-state index < -0.39 is 11.7 Å². The molecule has 1 aromatic rings. The zero-order chi connectivity index (χ0) is 12.9. The molecule has 0 atom stereocenters. The molecule has 0 aromatic carbocycles. The summed E-state index contributed by atoms with van der Waals surface area (Å²) in [5.41, 5.74) is -0.762. The van der Waals surface area contributed by atoms with Gasteiger partial charge in [-0.25, -0.2) is 4.98 Å². The predicted octanol–water partition coefficient (Wildman–Crippen LogP) is 2.31. The van der Waals surface area contributed by atoms with Crippen molar-refractivity contribution in [2.45, 2.75) is 19.5 Å². The van der Waals surface area contributed by atoms with Crippen molar-refractivity contribution in [1.29, 1.82) is 0 Å². The van der Waals surface area contributed by atoms with Crippen molar-refractivity contribution in [3.8, 4) is 0 Å². The van der Waals surface area contributed by atoms with Gasteiger partial charge < -0.3 is 10.0 Å². The number of aromatic nitrogens is 1. The molecule has 0 radical (unpaired) electrons. The summed E-state index contributed by atoms with van der Waals surface area (Å²) in [6.45, 7) is 2.24. The Morgan fingerprint density at radius 2 is 2.06 bits per heavy atom. The minimum Gasteiger partial charge on any atom is -0.395 e. The van der Waals surface area contributed by atoms with Gasteiger partial charge in [0.15, 0.2) is 0 Å². The molecule has 6 heteroatoms. The summed E-state index contributed by atoms with van der Waals surface area (Å²) in [6, 6.07) is 2.26. The van der Waals surface area contributed by atoms with Crippen LogP contribution in [0.15, 0.2) is 18.3 Å². The lowest BCUT2D eigenvalue weighted by atomic mass is 10.2. The molecule has 17 heavy (non-hydrogen) atoms. The van der Waals surface area contributed by atoms with Gasteiger partial charge in [0.2, 0.25) is 0 Å². The zero-order valence-corrected chi connectivity index (χ0v) is 9.54. The molecule has 0 bridgehead atoms. The third-order valence-corrected chi connectivity index (χ3v) is 2.26. The number of alkyl halides is 3. The maximum absolute atomic E-state index is 12.8. The van der Waals surface area contributed by atoms with E-state index in [1.807, 2.05) is 6.92 Å². The van der Waals surface area contributed by atoms with Gasteiger partial charge in [-0.1, -0.05) is 6.92 Å². The number of halogens is 3. The summed E-state index contributed by atoms with van der Waals surface area (Å²) in [5.74, 6) is -0.115. The number of aliphatic hydroxyl groups excluding tert-OH is 1. The molecule has 0 saturated carbocycles. The van der Waals surface area contributed by atoms with Crippen molar-refractivity contribution in [3.63, 3.8) is 0 Å². The van der Waals surface area contributed by atoms with Crippen LogP contribution >= 0.6 is 0 Å². The molecule has 1 N–H and O–H groups in total. The van der Waals surface area contributed by atoms with E-state index in [0.717, 1.165) is 6.07 Å². The standard InChI is InChI=1S/C11H15F3N2O/c1-2-6-16(7-8-17)10-9(11(12,13)14)4-3-5-15-10/h3-5,17H,2,6-8H2,1H3. The van der Waals surface area contributed by atoms with E-state index in [4.69, 9.17) is 5.11 Å². The normalized spacial score (nSPS) is 11.6. The molecule has 3 nitrogen and oxygen atoms in total. The van der Waals surface area contributed by atoms with E-state index in [0.29, 0.717) is 13.0 Å². The number of pyridine rings is 1. The highest BCUT2D eigenvalue weighted by molar-refractivity contribution is 5.48. The van der Waals surface area contributed by atoms with E-state index in [1.165, 1.54) is 17.2 Å². The van der Waals surface area contributed by atoms with Crippen molar-refractivity contribution in [2.24, 2.45) is 0 Å².